The van der Waals surface area contributed by atoms with Crippen molar-refractivity contribution in [3.8, 4) is 0 Å². The van der Waals surface area contributed by atoms with E-state index in [9.17, 15) is 9.90 Å². The van der Waals surface area contributed by atoms with Crippen LogP contribution in [0.3, 0.4) is 0 Å². The number of aromatic nitrogens is 2. The van der Waals surface area contributed by atoms with Crippen LogP contribution in [0.4, 0.5) is 5.69 Å². The molecule has 0 amide bonds. The van der Waals surface area contributed by atoms with Crippen LogP contribution in [0.2, 0.25) is 0 Å². The van der Waals surface area contributed by atoms with E-state index in [1.54, 1.807) is 6.20 Å². The summed E-state index contributed by atoms with van der Waals surface area (Å²) in [6.45, 7) is 5.85. The summed E-state index contributed by atoms with van der Waals surface area (Å²) >= 11 is 3.30. The minimum absolute atomic E-state index is 0.168. The maximum atomic E-state index is 12.1. The predicted molar refractivity (Wildman–Crippen MR) is 79.9 cm³/mol. The van der Waals surface area contributed by atoms with Crippen LogP contribution in [0.5, 0.6) is 0 Å². The van der Waals surface area contributed by atoms with Gasteiger partial charge in [0.05, 0.1) is 18.5 Å². The molecule has 112 valence electrons. The molecule has 0 radical (unpaired) electrons. The molecule has 0 saturated carbocycles. The van der Waals surface area contributed by atoms with E-state index in [4.69, 9.17) is 4.74 Å². The summed E-state index contributed by atoms with van der Waals surface area (Å²) in [4.78, 5) is 12.1. The van der Waals surface area contributed by atoms with E-state index in [0.717, 1.165) is 0 Å². The lowest BCUT2D eigenvalue weighted by molar-refractivity contribution is 0.0382. The van der Waals surface area contributed by atoms with Crippen LogP contribution in [0.1, 0.15) is 20.3 Å². The lowest BCUT2D eigenvalue weighted by Crippen LogP contribution is -2.38. The number of hydrogen-bond donors (Lipinski definition) is 2. The molecule has 1 aromatic rings. The van der Waals surface area contributed by atoms with Gasteiger partial charge in [-0.15, -0.1) is 0 Å². The maximum absolute atomic E-state index is 12.1. The molecule has 1 aliphatic rings. The molecule has 1 saturated heterocycles. The molecule has 2 N–H and O–H groups in total. The van der Waals surface area contributed by atoms with Crippen molar-refractivity contribution >= 4 is 21.6 Å². The van der Waals surface area contributed by atoms with Gasteiger partial charge in [-0.05, 0) is 21.8 Å². The smallest absolute Gasteiger partial charge is 0.283 e. The zero-order valence-corrected chi connectivity index (χ0v) is 13.3. The van der Waals surface area contributed by atoms with Gasteiger partial charge in [0.2, 0.25) is 0 Å². The standard InChI is InChI=1S/C13H20BrN3O3/c1-9(2)6-17-12(18)11(14)10(5-16-17)15-7-13(19)3-4-20-8-13/h5,9,15,19H,3-4,6-8H2,1-2H3. The molecule has 1 atom stereocenters. The zero-order valence-electron chi connectivity index (χ0n) is 11.7. The Labute approximate surface area is 126 Å². The second-order valence-corrected chi connectivity index (χ2v) is 6.43. The van der Waals surface area contributed by atoms with Crippen LogP contribution in [-0.2, 0) is 11.3 Å². The van der Waals surface area contributed by atoms with E-state index in [0.29, 0.717) is 48.8 Å². The Balaban J connectivity index is 2.09. The fraction of sp³-hybridized carbons (Fsp3) is 0.692. The monoisotopic (exact) mass is 345 g/mol. The predicted octanol–water partition coefficient (Wildman–Crippen LogP) is 1.23. The Morgan fingerprint density at radius 3 is 3.00 bits per heavy atom. The van der Waals surface area contributed by atoms with Gasteiger partial charge in [0.1, 0.15) is 10.1 Å². The molecule has 0 aliphatic carbocycles. The van der Waals surface area contributed by atoms with Gasteiger partial charge in [0, 0.05) is 26.1 Å². The number of aliphatic hydroxyl groups is 1. The summed E-state index contributed by atoms with van der Waals surface area (Å²) < 4.78 is 7.06. The average Bonchev–Trinajstić information content (AvgIpc) is 2.81. The fourth-order valence-corrected chi connectivity index (χ4v) is 2.51. The third-order valence-electron chi connectivity index (χ3n) is 3.21. The number of anilines is 1. The lowest BCUT2D eigenvalue weighted by Gasteiger charge is -2.21. The Hall–Kier alpha value is -0.920. The summed E-state index contributed by atoms with van der Waals surface area (Å²) in [5.41, 5.74) is -0.444. The van der Waals surface area contributed by atoms with Gasteiger partial charge in [0.15, 0.2) is 0 Å². The second kappa shape index (κ2) is 6.24. The first kappa shape index (κ1) is 15.5. The summed E-state index contributed by atoms with van der Waals surface area (Å²) in [6, 6.07) is 0. The molecule has 0 spiro atoms. The normalized spacial score (nSPS) is 22.4. The molecule has 1 aromatic heterocycles. The highest BCUT2D eigenvalue weighted by Gasteiger charge is 2.32. The van der Waals surface area contributed by atoms with Crippen molar-refractivity contribution in [1.82, 2.24) is 9.78 Å². The van der Waals surface area contributed by atoms with Crippen molar-refractivity contribution < 1.29 is 9.84 Å². The Bertz CT molecular complexity index is 524. The number of ether oxygens (including phenoxy) is 1. The van der Waals surface area contributed by atoms with Gasteiger partial charge in [-0.3, -0.25) is 4.79 Å². The highest BCUT2D eigenvalue weighted by atomic mass is 79.9. The van der Waals surface area contributed by atoms with Gasteiger partial charge >= 0.3 is 0 Å². The van der Waals surface area contributed by atoms with Crippen LogP contribution in [0.15, 0.2) is 15.5 Å². The van der Waals surface area contributed by atoms with Crippen LogP contribution >= 0.6 is 15.9 Å². The Morgan fingerprint density at radius 1 is 1.65 bits per heavy atom. The molecule has 2 heterocycles. The first-order chi connectivity index (χ1) is 9.41. The molecule has 1 unspecified atom stereocenters. The zero-order chi connectivity index (χ0) is 14.8. The second-order valence-electron chi connectivity index (χ2n) is 5.63. The van der Waals surface area contributed by atoms with Crippen molar-refractivity contribution in [3.05, 3.63) is 21.0 Å². The van der Waals surface area contributed by atoms with E-state index in [1.165, 1.54) is 4.68 Å². The number of hydrogen-bond acceptors (Lipinski definition) is 5. The number of rotatable bonds is 5. The maximum Gasteiger partial charge on any atom is 0.283 e. The number of nitrogens with one attached hydrogen (secondary N) is 1. The van der Waals surface area contributed by atoms with Gasteiger partial charge in [-0.25, -0.2) is 4.68 Å². The van der Waals surface area contributed by atoms with Crippen molar-refractivity contribution in [2.75, 3.05) is 25.1 Å². The average molecular weight is 346 g/mol. The number of nitrogens with zero attached hydrogens (tertiary/aromatic N) is 2. The first-order valence-electron chi connectivity index (χ1n) is 6.71. The van der Waals surface area contributed by atoms with Crippen molar-refractivity contribution in [2.24, 2.45) is 5.92 Å². The molecule has 7 heteroatoms. The molecule has 6 nitrogen and oxygen atoms in total. The summed E-state index contributed by atoms with van der Waals surface area (Å²) in [5, 5.41) is 17.4. The van der Waals surface area contributed by atoms with Crippen molar-refractivity contribution in [3.63, 3.8) is 0 Å². The molecule has 0 aromatic carbocycles. The van der Waals surface area contributed by atoms with Crippen molar-refractivity contribution in [1.29, 1.82) is 0 Å². The summed E-state index contributed by atoms with van der Waals surface area (Å²) in [5.74, 6) is 0.349. The molecular formula is C13H20BrN3O3. The Morgan fingerprint density at radius 2 is 2.40 bits per heavy atom. The van der Waals surface area contributed by atoms with Crippen LogP contribution in [-0.4, -0.2) is 40.2 Å². The Kier molecular flexibility index (Phi) is 4.82. The van der Waals surface area contributed by atoms with Crippen LogP contribution < -0.4 is 10.9 Å². The largest absolute Gasteiger partial charge is 0.386 e. The third-order valence-corrected chi connectivity index (χ3v) is 3.98. The van der Waals surface area contributed by atoms with Gasteiger partial charge in [0.25, 0.3) is 5.56 Å². The third kappa shape index (κ3) is 3.59. The topological polar surface area (TPSA) is 76.4 Å². The minimum atomic E-state index is -0.869. The molecule has 1 fully saturated rings. The molecule has 1 aliphatic heterocycles. The van der Waals surface area contributed by atoms with Gasteiger partial charge in [-0.1, -0.05) is 13.8 Å². The highest BCUT2D eigenvalue weighted by molar-refractivity contribution is 9.10. The van der Waals surface area contributed by atoms with Crippen molar-refractivity contribution in [2.45, 2.75) is 32.4 Å². The fourth-order valence-electron chi connectivity index (χ4n) is 2.06. The SMILES string of the molecule is CC(C)Cn1ncc(NCC2(O)CCOC2)c(Br)c1=O. The van der Waals surface area contributed by atoms with Crippen LogP contribution in [0.25, 0.3) is 0 Å². The molecule has 20 heavy (non-hydrogen) atoms. The molecule has 0 bridgehead atoms. The number of halogens is 1. The minimum Gasteiger partial charge on any atom is -0.386 e. The van der Waals surface area contributed by atoms with Gasteiger partial charge < -0.3 is 15.2 Å². The highest BCUT2D eigenvalue weighted by Crippen LogP contribution is 2.21. The van der Waals surface area contributed by atoms with Gasteiger partial charge in [-0.2, -0.15) is 5.10 Å². The van der Waals surface area contributed by atoms with E-state index < -0.39 is 5.60 Å². The van der Waals surface area contributed by atoms with E-state index in [1.807, 2.05) is 13.8 Å². The lowest BCUT2D eigenvalue weighted by atomic mass is 10.0. The summed E-state index contributed by atoms with van der Waals surface area (Å²) in [7, 11) is 0. The quantitative estimate of drug-likeness (QED) is 0.839. The summed E-state index contributed by atoms with van der Waals surface area (Å²) in [6.07, 6.45) is 2.20. The molecular weight excluding hydrogens is 326 g/mol. The van der Waals surface area contributed by atoms with E-state index >= 15 is 0 Å². The molecule has 2 rings (SSSR count). The van der Waals surface area contributed by atoms with E-state index in [2.05, 4.69) is 26.3 Å². The van der Waals surface area contributed by atoms with Crippen LogP contribution in [0, 0.1) is 5.92 Å². The first-order valence-corrected chi connectivity index (χ1v) is 7.50. The van der Waals surface area contributed by atoms with E-state index in [-0.39, 0.29) is 5.56 Å².